The molecule has 65 heavy (non-hydrogen) atoms. The summed E-state index contributed by atoms with van der Waals surface area (Å²) in [4.78, 5) is 11.2. The lowest BCUT2D eigenvalue weighted by Crippen LogP contribution is -2.64. The predicted molar refractivity (Wildman–Crippen MR) is 240 cm³/mol. The number of aromatic nitrogens is 2. The van der Waals surface area contributed by atoms with Crippen molar-refractivity contribution in [2.45, 2.75) is 198 Å². The van der Waals surface area contributed by atoms with Crippen molar-refractivity contribution in [2.24, 2.45) is 74.9 Å². The molecular weight excluding hydrogens is 821 g/mol. The van der Waals surface area contributed by atoms with Gasteiger partial charge >= 0.3 is 0 Å². The lowest BCUT2D eigenvalue weighted by molar-refractivity contribution is -0.289. The van der Waals surface area contributed by atoms with E-state index in [1.54, 1.807) is 6.92 Å². The molecule has 5 N–H and O–H groups in total. The summed E-state index contributed by atoms with van der Waals surface area (Å²) in [6.07, 6.45) is 14.6. The molecule has 1 aromatic rings. The number of rotatable bonds is 0. The molecule has 11 heteroatoms. The molecule has 22 atom stereocenters. The average Bonchev–Trinajstić information content (AvgIpc) is 3.86. The second-order valence-electron chi connectivity index (χ2n) is 26.2. The molecule has 8 fully saturated rings. The topological polar surface area (TPSA) is 164 Å². The highest BCUT2D eigenvalue weighted by molar-refractivity contribution is 5.43. The lowest BCUT2D eigenvalue weighted by atomic mass is 9.44. The third-order valence-corrected chi connectivity index (χ3v) is 23.2. The van der Waals surface area contributed by atoms with E-state index >= 15 is 0 Å². The summed E-state index contributed by atoms with van der Waals surface area (Å²) in [6, 6.07) is 0. The van der Waals surface area contributed by atoms with E-state index in [0.29, 0.717) is 55.8 Å². The molecule has 0 radical (unpaired) electrons. The standard InChI is InChI=1S/C54H76N2O9/c1-27-45-41(64-52(27)15-13-46(3,59)25-62-52)19-35-31-11-9-29-17-37-39(23-48(29,5)33(31)20-42(57)50(35,45)7)55-38-18-30-10-12-32-34(49(30,6)24-40(38)56-37)21-43(58)51(8)36(32)22-44-54(51,61)28(2)53(65-44)16-14-47(4,60)26-63-53/h19,22,27-34,41-45,57-61H,9-18,20-21,23-26H2,1-8H3/t27-,28+,29-,30-,31+,32+,33-,34-,41-,42+,43+,44-,45-,46+,47-,48-,49-,50+,51+,52+,53+,54+/m0/s1. The van der Waals surface area contributed by atoms with Crippen LogP contribution < -0.4 is 0 Å². The highest BCUT2D eigenvalue weighted by atomic mass is 16.7. The Kier molecular flexibility index (Phi) is 8.73. The minimum atomic E-state index is -1.31. The zero-order chi connectivity index (χ0) is 45.4. The van der Waals surface area contributed by atoms with Crippen molar-refractivity contribution in [2.75, 3.05) is 13.2 Å². The van der Waals surface area contributed by atoms with Crippen molar-refractivity contribution in [3.8, 4) is 0 Å². The molecule has 0 amide bonds. The van der Waals surface area contributed by atoms with Gasteiger partial charge in [-0.1, -0.05) is 64.8 Å². The monoisotopic (exact) mass is 897 g/mol. The molecule has 1 aromatic heterocycles. The van der Waals surface area contributed by atoms with E-state index in [1.165, 1.54) is 28.2 Å². The van der Waals surface area contributed by atoms with Crippen LogP contribution >= 0.6 is 0 Å². The van der Waals surface area contributed by atoms with Crippen LogP contribution in [0.2, 0.25) is 0 Å². The zero-order valence-corrected chi connectivity index (χ0v) is 40.2. The van der Waals surface area contributed by atoms with Gasteiger partial charge in [-0.25, -0.2) is 0 Å². The lowest BCUT2D eigenvalue weighted by Gasteiger charge is -2.61. The molecule has 11 nitrogen and oxygen atoms in total. The molecule has 4 aliphatic heterocycles. The van der Waals surface area contributed by atoms with Gasteiger partial charge in [0.1, 0.15) is 11.7 Å². The minimum absolute atomic E-state index is 0.0122. The second-order valence-corrected chi connectivity index (χ2v) is 26.2. The normalized spacial score (nSPS) is 59.1. The Hall–Kier alpha value is -1.80. The summed E-state index contributed by atoms with van der Waals surface area (Å²) in [6.45, 7) is 17.8. The number of ether oxygens (including phenoxy) is 4. The van der Waals surface area contributed by atoms with Crippen LogP contribution in [0.1, 0.15) is 142 Å². The minimum Gasteiger partial charge on any atom is -0.392 e. The highest BCUT2D eigenvalue weighted by Crippen LogP contribution is 2.72. The number of nitrogens with zero attached hydrogens (tertiary/aromatic N) is 2. The van der Waals surface area contributed by atoms with Crippen molar-refractivity contribution in [3.05, 3.63) is 46.1 Å². The maximum atomic E-state index is 12.9. The van der Waals surface area contributed by atoms with Gasteiger partial charge in [0.05, 0.1) is 65.5 Å². The number of aliphatic hydroxyl groups is 5. The largest absolute Gasteiger partial charge is 0.392 e. The summed E-state index contributed by atoms with van der Waals surface area (Å²) in [5, 5.41) is 59.2. The molecule has 13 rings (SSSR count). The summed E-state index contributed by atoms with van der Waals surface area (Å²) in [5.74, 6) is 0.408. The highest BCUT2D eigenvalue weighted by Gasteiger charge is 2.77. The fraction of sp³-hybridized carbons (Fsp3) is 0.852. The van der Waals surface area contributed by atoms with Crippen molar-refractivity contribution in [1.29, 1.82) is 0 Å². The number of fused-ring (bicyclic) bond motifs is 16. The van der Waals surface area contributed by atoms with Crippen molar-refractivity contribution >= 4 is 0 Å². The maximum Gasteiger partial charge on any atom is 0.174 e. The molecule has 4 saturated carbocycles. The molecule has 356 valence electrons. The van der Waals surface area contributed by atoms with E-state index in [1.807, 2.05) is 13.8 Å². The Balaban J connectivity index is 0.760. The van der Waals surface area contributed by atoms with Gasteiger partial charge in [0.15, 0.2) is 11.6 Å². The van der Waals surface area contributed by atoms with E-state index < -0.39 is 52.1 Å². The van der Waals surface area contributed by atoms with E-state index in [4.69, 9.17) is 28.9 Å². The van der Waals surface area contributed by atoms with Crippen LogP contribution in [0.3, 0.4) is 0 Å². The Morgan fingerprint density at radius 1 is 0.615 bits per heavy atom. The summed E-state index contributed by atoms with van der Waals surface area (Å²) < 4.78 is 26.4. The Morgan fingerprint density at radius 3 is 1.71 bits per heavy atom. The molecule has 0 aromatic carbocycles. The van der Waals surface area contributed by atoms with Crippen LogP contribution in [0.25, 0.3) is 0 Å². The van der Waals surface area contributed by atoms with Crippen LogP contribution in [-0.2, 0) is 44.6 Å². The van der Waals surface area contributed by atoms with Gasteiger partial charge in [-0.05, 0) is 137 Å². The summed E-state index contributed by atoms with van der Waals surface area (Å²) in [5.41, 5.74) is 3.00. The Bertz CT molecular complexity index is 2270. The first-order valence-corrected chi connectivity index (χ1v) is 26.0. The molecule has 0 bridgehead atoms. The maximum absolute atomic E-state index is 12.9. The summed E-state index contributed by atoms with van der Waals surface area (Å²) >= 11 is 0. The Morgan fingerprint density at radius 2 is 1.15 bits per heavy atom. The molecular formula is C54H76N2O9. The molecule has 5 heterocycles. The third-order valence-electron chi connectivity index (χ3n) is 23.2. The van der Waals surface area contributed by atoms with E-state index in [2.05, 4.69) is 46.8 Å². The molecule has 8 aliphatic carbocycles. The van der Waals surface area contributed by atoms with Gasteiger partial charge in [0.25, 0.3) is 0 Å². The first-order valence-electron chi connectivity index (χ1n) is 26.0. The molecule has 4 saturated heterocycles. The van der Waals surface area contributed by atoms with Crippen LogP contribution in [0.5, 0.6) is 0 Å². The fourth-order valence-corrected chi connectivity index (χ4v) is 19.0. The van der Waals surface area contributed by atoms with Gasteiger partial charge in [0.2, 0.25) is 0 Å². The predicted octanol–water partition coefficient (Wildman–Crippen LogP) is 6.33. The number of aliphatic hydroxyl groups excluding tert-OH is 2. The fourth-order valence-electron chi connectivity index (χ4n) is 19.0. The van der Waals surface area contributed by atoms with Gasteiger partial charge in [-0.2, -0.15) is 0 Å². The average molecular weight is 897 g/mol. The molecule has 2 spiro atoms. The van der Waals surface area contributed by atoms with Gasteiger partial charge in [-0.15, -0.1) is 0 Å². The smallest absolute Gasteiger partial charge is 0.174 e. The SMILES string of the molecule is C[C@@H]1[C@@]2(CC[C@](C)(O)CO2)O[C@H]2C=C3[C@@H]4CC[C@H]5Cc6nc7c(nc6C[C@]5(C)[C@H]4C[C@@H](O)[C@]3(C)[C@]21O)C[C@@H]1CC[C@H]2C3=C[C@@H]4O[C@]5(CC[C@@](C)(O)CO5)[C@@H](C)[C@@H]4[C@@]3(C)[C@H](O)C[C@@H]2[C@@]1(C)C7. The van der Waals surface area contributed by atoms with Crippen LogP contribution in [0.15, 0.2) is 23.3 Å². The van der Waals surface area contributed by atoms with Crippen molar-refractivity contribution in [1.82, 2.24) is 9.97 Å². The van der Waals surface area contributed by atoms with Crippen LogP contribution in [0, 0.1) is 74.9 Å². The quantitative estimate of drug-likeness (QED) is 0.185. The number of hydrogen-bond donors (Lipinski definition) is 5. The second kappa shape index (κ2) is 13.1. The van der Waals surface area contributed by atoms with Gasteiger partial charge < -0.3 is 44.5 Å². The van der Waals surface area contributed by atoms with Gasteiger partial charge in [0, 0.05) is 41.4 Å². The van der Waals surface area contributed by atoms with E-state index in [-0.39, 0.29) is 65.2 Å². The summed E-state index contributed by atoms with van der Waals surface area (Å²) in [7, 11) is 0. The van der Waals surface area contributed by atoms with E-state index in [9.17, 15) is 25.5 Å². The first kappa shape index (κ1) is 43.2. The van der Waals surface area contributed by atoms with Crippen molar-refractivity contribution < 1.29 is 44.5 Å². The molecule has 0 unspecified atom stereocenters. The van der Waals surface area contributed by atoms with Crippen molar-refractivity contribution in [3.63, 3.8) is 0 Å². The zero-order valence-electron chi connectivity index (χ0n) is 40.2. The first-order chi connectivity index (χ1) is 30.5. The van der Waals surface area contributed by atoms with Crippen LogP contribution in [-0.4, -0.2) is 102 Å². The van der Waals surface area contributed by atoms with Gasteiger partial charge in [-0.3, -0.25) is 9.97 Å². The van der Waals surface area contributed by atoms with E-state index in [0.717, 1.165) is 63.5 Å². The molecule has 12 aliphatic rings. The Labute approximate surface area is 385 Å². The van der Waals surface area contributed by atoms with Crippen LogP contribution in [0.4, 0.5) is 0 Å². The third kappa shape index (κ3) is 5.25. The number of hydrogen-bond acceptors (Lipinski definition) is 11.